The molecule has 3 N–H and O–H groups in total. The molecule has 22 nitrogen and oxygen atoms in total. The zero-order valence-electron chi connectivity index (χ0n) is 58.5. The number of aliphatic hydroxyl groups excluding tert-OH is 1. The number of ketones is 2. The van der Waals surface area contributed by atoms with E-state index in [0.717, 1.165) is 9.80 Å². The van der Waals surface area contributed by atoms with Gasteiger partial charge in [-0.05, 0) is 102 Å². The summed E-state index contributed by atoms with van der Waals surface area (Å²) < 4.78 is 6.11. The van der Waals surface area contributed by atoms with Crippen LogP contribution in [0.2, 0.25) is 0 Å². The monoisotopic (exact) mass is 1240 g/mol. The summed E-state index contributed by atoms with van der Waals surface area (Å²) in [5.74, 6) is -10.7. The third kappa shape index (κ3) is 21.7. The summed E-state index contributed by atoms with van der Waals surface area (Å²) in [7, 11) is 10.0. The lowest BCUT2D eigenvalue weighted by Gasteiger charge is -2.41. The fourth-order valence-electron chi connectivity index (χ4n) is 11.6. The third-order valence-electron chi connectivity index (χ3n) is 17.5. The molecule has 1 heterocycles. The number of allylic oxidation sites excluding steroid dienone is 2. The molecule has 0 unspecified atom stereocenters. The van der Waals surface area contributed by atoms with E-state index in [2.05, 4.69) is 10.6 Å². The Kier molecular flexibility index (Phi) is 33.5. The summed E-state index contributed by atoms with van der Waals surface area (Å²) in [4.78, 5) is 171. The molecule has 1 rings (SSSR count). The number of nitrogens with one attached hydrogen (secondary N) is 2. The number of hydrogen-bond donors (Lipinski definition) is 3. The van der Waals surface area contributed by atoms with Crippen molar-refractivity contribution < 1.29 is 62.6 Å². The van der Waals surface area contributed by atoms with Crippen molar-refractivity contribution in [2.45, 2.75) is 243 Å². The van der Waals surface area contributed by atoms with Crippen molar-refractivity contribution >= 4 is 64.7 Å². The van der Waals surface area contributed by atoms with Gasteiger partial charge in [-0.1, -0.05) is 109 Å². The summed E-state index contributed by atoms with van der Waals surface area (Å²) in [6.45, 7) is 31.8. The summed E-state index contributed by atoms with van der Waals surface area (Å²) in [6, 6.07) is -11.1. The highest BCUT2D eigenvalue weighted by atomic mass is 16.5. The quantitative estimate of drug-likeness (QED) is 0.150. The Morgan fingerprint density at radius 2 is 0.977 bits per heavy atom. The van der Waals surface area contributed by atoms with Gasteiger partial charge in [0.2, 0.25) is 53.2 Å². The Morgan fingerprint density at radius 1 is 0.511 bits per heavy atom. The van der Waals surface area contributed by atoms with Gasteiger partial charge >= 0.3 is 0 Å². The topological polar surface area (TPSA) is 264 Å². The number of amides is 9. The van der Waals surface area contributed by atoms with E-state index >= 15 is 14.4 Å². The number of hydrogen-bond acceptors (Lipinski definition) is 13. The molecule has 1 aliphatic rings. The minimum Gasteiger partial charge on any atom is -0.390 e. The van der Waals surface area contributed by atoms with Crippen molar-refractivity contribution in [3.8, 4) is 0 Å². The molecule has 0 aromatic heterocycles. The molecule has 88 heavy (non-hydrogen) atoms. The van der Waals surface area contributed by atoms with Gasteiger partial charge in [-0.25, -0.2) is 0 Å². The first kappa shape index (κ1) is 80.2. The molecule has 14 atom stereocenters. The highest BCUT2D eigenvalue weighted by Crippen LogP contribution is 2.28. The molecule has 0 aromatic carbocycles. The molecule has 1 fully saturated rings. The first-order valence-corrected chi connectivity index (χ1v) is 32.1. The van der Waals surface area contributed by atoms with Crippen molar-refractivity contribution in [3.05, 3.63) is 12.2 Å². The van der Waals surface area contributed by atoms with Crippen LogP contribution in [0.15, 0.2) is 12.2 Å². The van der Waals surface area contributed by atoms with E-state index in [0.29, 0.717) is 12.8 Å². The molecular weight excluding hydrogens is 1130 g/mol. The van der Waals surface area contributed by atoms with Crippen LogP contribution in [-0.2, 0) is 57.5 Å². The largest absolute Gasteiger partial charge is 0.390 e. The van der Waals surface area contributed by atoms with Gasteiger partial charge in [0.25, 0.3) is 0 Å². The maximum Gasteiger partial charge on any atom is 0.246 e. The molecule has 504 valence electrons. The third-order valence-corrected chi connectivity index (χ3v) is 17.5. The lowest BCUT2D eigenvalue weighted by atomic mass is 9.85. The van der Waals surface area contributed by atoms with Crippen LogP contribution in [0.4, 0.5) is 0 Å². The average Bonchev–Trinajstić information content (AvgIpc) is 3.25. The number of carbonyl (C=O) groups is 11. The zero-order valence-corrected chi connectivity index (χ0v) is 58.5. The number of likely N-dealkylation sites (N-methyl/N-ethyl adjacent to an activating group) is 7. The van der Waals surface area contributed by atoms with E-state index in [-0.39, 0.29) is 62.9 Å². The molecule has 0 bridgehead atoms. The molecular formula is C66H117N9O13. The number of nitrogens with zero attached hydrogens (tertiary/aromatic N) is 7. The van der Waals surface area contributed by atoms with Gasteiger partial charge in [-0.3, -0.25) is 52.7 Å². The highest BCUT2D eigenvalue weighted by molar-refractivity contribution is 6.00. The van der Waals surface area contributed by atoms with Crippen molar-refractivity contribution in [1.29, 1.82) is 0 Å². The number of rotatable bonds is 17. The van der Waals surface area contributed by atoms with E-state index in [1.54, 1.807) is 68.4 Å². The maximum absolute atomic E-state index is 15.2. The van der Waals surface area contributed by atoms with Crippen LogP contribution >= 0.6 is 0 Å². The lowest BCUT2D eigenvalue weighted by molar-refractivity contribution is -0.157. The fourth-order valence-corrected chi connectivity index (χ4v) is 11.6. The minimum atomic E-state index is -1.62. The predicted octanol–water partition coefficient (Wildman–Crippen LogP) is 5.61. The van der Waals surface area contributed by atoms with Crippen LogP contribution in [-0.4, -0.2) is 227 Å². The van der Waals surface area contributed by atoms with Gasteiger partial charge in [0, 0.05) is 80.6 Å². The summed E-state index contributed by atoms with van der Waals surface area (Å²) in [5, 5.41) is 17.7. The summed E-state index contributed by atoms with van der Waals surface area (Å²) in [5.41, 5.74) is 0. The van der Waals surface area contributed by atoms with Gasteiger partial charge in [0.05, 0.1) is 18.2 Å². The molecule has 22 heteroatoms. The maximum atomic E-state index is 15.2. The Bertz CT molecular complexity index is 2400. The second kappa shape index (κ2) is 36.8. The van der Waals surface area contributed by atoms with Crippen LogP contribution in [0.1, 0.15) is 176 Å². The van der Waals surface area contributed by atoms with Crippen molar-refractivity contribution in [3.63, 3.8) is 0 Å². The van der Waals surface area contributed by atoms with Gasteiger partial charge in [0.1, 0.15) is 48.3 Å². The SMILES string of the molecule is C/C=C/C[C@@H](C)[C@@H](O)[C@H]1C(=O)N[C@@H](CC)C(=O)N(C)[C@H](C)C(=O)N(C)[C@@H]([C@@H](C)OCCC)C(=O)C[C@@H](C(C)C)C(=O)N(C)[C@@H](CC(C)C)C(=O)C[C@@H](C)C(=O)N[C@H](C)C(=O)N(C)[C@@H](CC(C)C)C(=O)N(C)[C@@H](CC(C)C)C(=O)N(C)[C@@H](C(C)C)C(=O)N1C. The molecule has 1 aliphatic heterocycles. The standard InChI is InChI=1S/C66H117N9O13/c1-26-29-30-42(14)57(78)56-59(80)68-48(28-3)63(84)69(19)45(17)61(82)74(24)55(46(18)88-31-27-2)53(77)36-47(40(10)11)62(83)70(20)49(32-37(4)5)52(76)35-43(15)58(79)67-44(16)60(81)71(21)50(33-38(6)7)64(85)72(22)51(34-39(8)9)65(86)73(23)54(41(12)13)66(87)75(56)25/h26,29,37-51,54-57,78H,27-28,30-36H2,1-25H3,(H,67,79)(H,68,80)/b29-26+/t42-,43-,44-,45-,46-,47+,48+,49+,50+,51+,54+,55+,56+,57-/m1/s1. The molecule has 0 radical (unpaired) electrons. The second-order valence-electron chi connectivity index (χ2n) is 27.0. The minimum absolute atomic E-state index is 0.0103. The van der Waals surface area contributed by atoms with Gasteiger partial charge in [-0.2, -0.15) is 0 Å². The normalized spacial score (nSPS) is 27.7. The molecule has 0 spiro atoms. The molecule has 0 aromatic rings. The lowest BCUT2D eigenvalue weighted by Crippen LogP contribution is -2.64. The van der Waals surface area contributed by atoms with Crippen LogP contribution < -0.4 is 10.6 Å². The van der Waals surface area contributed by atoms with E-state index in [1.165, 1.54) is 87.7 Å². The molecule has 1 saturated heterocycles. The number of aliphatic hydroxyl groups is 1. The van der Waals surface area contributed by atoms with E-state index in [9.17, 15) is 43.5 Å². The number of ether oxygens (including phenoxy) is 1. The fraction of sp³-hybridized carbons (Fsp3) is 0.803. The summed E-state index contributed by atoms with van der Waals surface area (Å²) >= 11 is 0. The molecule has 0 saturated carbocycles. The first-order valence-electron chi connectivity index (χ1n) is 32.1. The van der Waals surface area contributed by atoms with E-state index in [1.807, 2.05) is 54.5 Å². The first-order chi connectivity index (χ1) is 40.7. The average molecular weight is 1240 g/mol. The number of Topliss-reactive ketones (excluding diaryl/α,β-unsaturated/α-hetero) is 2. The van der Waals surface area contributed by atoms with Gasteiger partial charge in [0.15, 0.2) is 11.6 Å². The Balaban J connectivity index is 4.42. The Labute approximate surface area is 528 Å². The smallest absolute Gasteiger partial charge is 0.246 e. The molecule has 0 aliphatic carbocycles. The summed E-state index contributed by atoms with van der Waals surface area (Å²) in [6.07, 6.45) is 2.00. The van der Waals surface area contributed by atoms with Gasteiger partial charge in [-0.15, -0.1) is 0 Å². The van der Waals surface area contributed by atoms with Crippen molar-refractivity contribution in [2.75, 3.05) is 55.9 Å². The van der Waals surface area contributed by atoms with E-state index < -0.39 is 161 Å². The predicted molar refractivity (Wildman–Crippen MR) is 342 cm³/mol. The Hall–Kier alpha value is -5.77. The van der Waals surface area contributed by atoms with Gasteiger partial charge < -0.3 is 54.8 Å². The van der Waals surface area contributed by atoms with Crippen LogP contribution in [0.3, 0.4) is 0 Å². The van der Waals surface area contributed by atoms with Crippen LogP contribution in [0, 0.1) is 47.3 Å². The highest BCUT2D eigenvalue weighted by Gasteiger charge is 2.46. The van der Waals surface area contributed by atoms with Crippen molar-refractivity contribution in [2.24, 2.45) is 47.3 Å². The van der Waals surface area contributed by atoms with Crippen LogP contribution in [0.5, 0.6) is 0 Å². The second-order valence-corrected chi connectivity index (χ2v) is 27.0. The Morgan fingerprint density at radius 3 is 1.44 bits per heavy atom. The zero-order chi connectivity index (χ0) is 68.3. The number of carbonyl (C=O) groups excluding carboxylic acids is 11. The van der Waals surface area contributed by atoms with E-state index in [4.69, 9.17) is 4.74 Å². The van der Waals surface area contributed by atoms with Crippen LogP contribution in [0.25, 0.3) is 0 Å². The van der Waals surface area contributed by atoms with Crippen molar-refractivity contribution in [1.82, 2.24) is 44.9 Å². The molecule has 9 amide bonds.